The van der Waals surface area contributed by atoms with Gasteiger partial charge in [-0.2, -0.15) is 0 Å². The number of benzene rings is 3. The van der Waals surface area contributed by atoms with Crippen LogP contribution in [-0.4, -0.2) is 31.2 Å². The summed E-state index contributed by atoms with van der Waals surface area (Å²) in [5.74, 6) is -0.978. The molecule has 0 bridgehead atoms. The van der Waals surface area contributed by atoms with Gasteiger partial charge in [0.15, 0.2) is 0 Å². The molecule has 4 aromatic rings. The van der Waals surface area contributed by atoms with E-state index in [1.165, 1.54) is 0 Å². The van der Waals surface area contributed by atoms with Gasteiger partial charge in [0.25, 0.3) is 0 Å². The number of aryl methyl sites for hydroxylation is 2. The van der Waals surface area contributed by atoms with E-state index in [9.17, 15) is 15.0 Å². The molecule has 0 saturated carbocycles. The standard InChI is InChI=1S/C27H30N4O3/c1-17-9-10-18(13-21(17)16-28-15-20-7-5-6-8-24(20)32)25(27(2,3)26(33)34)19-11-12-23-22(14-19)29-30-31(23)4/h5-14,25,28,32H,15-16H2,1-4H3,(H,33,34). The Morgan fingerprint density at radius 2 is 1.71 bits per heavy atom. The smallest absolute Gasteiger partial charge is 0.310 e. The Bertz CT molecular complexity index is 1340. The van der Waals surface area contributed by atoms with Crippen LogP contribution in [0.1, 0.15) is 47.6 Å². The summed E-state index contributed by atoms with van der Waals surface area (Å²) in [6.45, 7) is 6.69. The molecule has 0 aliphatic carbocycles. The van der Waals surface area contributed by atoms with Crippen molar-refractivity contribution < 1.29 is 15.0 Å². The van der Waals surface area contributed by atoms with Gasteiger partial charge in [-0.25, -0.2) is 4.68 Å². The highest BCUT2D eigenvalue weighted by Crippen LogP contribution is 2.42. The molecule has 0 aliphatic rings. The van der Waals surface area contributed by atoms with Crippen molar-refractivity contribution in [3.8, 4) is 5.75 Å². The highest BCUT2D eigenvalue weighted by molar-refractivity contribution is 5.79. The summed E-state index contributed by atoms with van der Waals surface area (Å²) >= 11 is 0. The van der Waals surface area contributed by atoms with Crippen molar-refractivity contribution in [3.63, 3.8) is 0 Å². The minimum atomic E-state index is -1.05. The average molecular weight is 459 g/mol. The van der Waals surface area contributed by atoms with Crippen LogP contribution in [0.3, 0.4) is 0 Å². The van der Waals surface area contributed by atoms with Crippen LogP contribution < -0.4 is 5.32 Å². The number of aromatic hydroxyl groups is 1. The fourth-order valence-corrected chi connectivity index (χ4v) is 4.44. The van der Waals surface area contributed by atoms with E-state index in [1.54, 1.807) is 30.7 Å². The van der Waals surface area contributed by atoms with Crippen molar-refractivity contribution in [1.29, 1.82) is 0 Å². The fourth-order valence-electron chi connectivity index (χ4n) is 4.44. The predicted molar refractivity (Wildman–Crippen MR) is 132 cm³/mol. The number of nitrogens with zero attached hydrogens (tertiary/aromatic N) is 3. The number of nitrogens with one attached hydrogen (secondary N) is 1. The summed E-state index contributed by atoms with van der Waals surface area (Å²) in [7, 11) is 1.84. The maximum atomic E-state index is 12.3. The quantitative estimate of drug-likeness (QED) is 0.359. The molecule has 7 heteroatoms. The number of hydrogen-bond acceptors (Lipinski definition) is 5. The third-order valence-electron chi connectivity index (χ3n) is 6.57. The number of para-hydroxylation sites is 1. The van der Waals surface area contributed by atoms with E-state index in [0.717, 1.165) is 38.9 Å². The zero-order chi connectivity index (χ0) is 24.5. The SMILES string of the molecule is Cc1ccc(C(c2ccc3c(c2)nnn3C)C(C)(C)C(=O)O)cc1CNCc1ccccc1O. The van der Waals surface area contributed by atoms with Crippen molar-refractivity contribution in [2.75, 3.05) is 0 Å². The molecule has 1 unspecified atom stereocenters. The lowest BCUT2D eigenvalue weighted by Gasteiger charge is -2.32. The molecule has 0 amide bonds. The summed E-state index contributed by atoms with van der Waals surface area (Å²) in [5.41, 5.74) is 5.43. The summed E-state index contributed by atoms with van der Waals surface area (Å²) in [5, 5.41) is 31.8. The molecule has 7 nitrogen and oxygen atoms in total. The largest absolute Gasteiger partial charge is 0.508 e. The molecule has 4 rings (SSSR count). The van der Waals surface area contributed by atoms with Gasteiger partial charge in [-0.05, 0) is 61.2 Å². The van der Waals surface area contributed by atoms with Crippen LogP contribution in [0.2, 0.25) is 0 Å². The Hall–Kier alpha value is -3.71. The molecule has 34 heavy (non-hydrogen) atoms. The van der Waals surface area contributed by atoms with Gasteiger partial charge in [-0.1, -0.05) is 47.7 Å². The first-order chi connectivity index (χ1) is 16.2. The van der Waals surface area contributed by atoms with Crippen LogP contribution >= 0.6 is 0 Å². The van der Waals surface area contributed by atoms with Gasteiger partial charge in [0.1, 0.15) is 11.3 Å². The normalized spacial score (nSPS) is 12.7. The summed E-state index contributed by atoms with van der Waals surface area (Å²) in [4.78, 5) is 12.3. The molecule has 1 atom stereocenters. The molecular weight excluding hydrogens is 428 g/mol. The Kier molecular flexibility index (Phi) is 6.39. The number of fused-ring (bicyclic) bond motifs is 1. The fraction of sp³-hybridized carbons (Fsp3) is 0.296. The van der Waals surface area contributed by atoms with E-state index in [2.05, 4.69) is 21.7 Å². The summed E-state index contributed by atoms with van der Waals surface area (Å²) < 4.78 is 1.71. The van der Waals surface area contributed by atoms with Crippen molar-refractivity contribution >= 4 is 17.0 Å². The highest BCUT2D eigenvalue weighted by Gasteiger charge is 2.39. The molecular formula is C27H30N4O3. The van der Waals surface area contributed by atoms with Crippen LogP contribution in [0.25, 0.3) is 11.0 Å². The number of phenolic OH excluding ortho intramolecular Hbond substituents is 1. The molecule has 0 fully saturated rings. The van der Waals surface area contributed by atoms with Crippen LogP contribution in [0.15, 0.2) is 60.7 Å². The minimum Gasteiger partial charge on any atom is -0.508 e. The molecule has 176 valence electrons. The summed E-state index contributed by atoms with van der Waals surface area (Å²) in [6.07, 6.45) is 0. The van der Waals surface area contributed by atoms with Crippen molar-refractivity contribution in [3.05, 3.63) is 88.5 Å². The predicted octanol–water partition coefficient (Wildman–Crippen LogP) is 4.51. The third kappa shape index (κ3) is 4.52. The molecule has 1 heterocycles. The lowest BCUT2D eigenvalue weighted by molar-refractivity contribution is -0.147. The Balaban J connectivity index is 1.68. The van der Waals surface area contributed by atoms with E-state index in [4.69, 9.17) is 0 Å². The molecule has 0 spiro atoms. The average Bonchev–Trinajstić information content (AvgIpc) is 3.17. The second-order valence-corrected chi connectivity index (χ2v) is 9.34. The molecule has 1 aromatic heterocycles. The number of hydrogen-bond donors (Lipinski definition) is 3. The zero-order valence-corrected chi connectivity index (χ0v) is 19.9. The van der Waals surface area contributed by atoms with Gasteiger partial charge in [-0.3, -0.25) is 4.79 Å². The van der Waals surface area contributed by atoms with Crippen molar-refractivity contribution in [2.45, 2.75) is 39.8 Å². The van der Waals surface area contributed by atoms with Gasteiger partial charge >= 0.3 is 5.97 Å². The number of carboxylic acids is 1. The number of rotatable bonds is 8. The molecule has 0 aliphatic heterocycles. The Morgan fingerprint density at radius 3 is 2.44 bits per heavy atom. The Labute approximate surface area is 199 Å². The van der Waals surface area contributed by atoms with Gasteiger partial charge < -0.3 is 15.5 Å². The van der Waals surface area contributed by atoms with Crippen LogP contribution in [0.4, 0.5) is 0 Å². The monoisotopic (exact) mass is 458 g/mol. The number of aliphatic carboxylic acids is 1. The second-order valence-electron chi connectivity index (χ2n) is 9.34. The molecule has 0 saturated heterocycles. The van der Waals surface area contributed by atoms with Gasteiger partial charge in [0, 0.05) is 31.6 Å². The summed E-state index contributed by atoms with van der Waals surface area (Å²) in [6, 6.07) is 19.3. The van der Waals surface area contributed by atoms with Crippen molar-refractivity contribution in [2.24, 2.45) is 12.5 Å². The van der Waals surface area contributed by atoms with Crippen LogP contribution in [0, 0.1) is 12.3 Å². The maximum Gasteiger partial charge on any atom is 0.310 e. The lowest BCUT2D eigenvalue weighted by Crippen LogP contribution is -2.32. The van der Waals surface area contributed by atoms with Crippen LogP contribution in [-0.2, 0) is 24.9 Å². The van der Waals surface area contributed by atoms with E-state index >= 15 is 0 Å². The van der Waals surface area contributed by atoms with E-state index in [-0.39, 0.29) is 11.7 Å². The maximum absolute atomic E-state index is 12.3. The number of phenols is 1. The second kappa shape index (κ2) is 9.27. The number of carbonyl (C=O) groups is 1. The molecule has 3 aromatic carbocycles. The first-order valence-electron chi connectivity index (χ1n) is 11.3. The van der Waals surface area contributed by atoms with Gasteiger partial charge in [0.2, 0.25) is 0 Å². The Morgan fingerprint density at radius 1 is 1.03 bits per heavy atom. The van der Waals surface area contributed by atoms with Crippen molar-refractivity contribution in [1.82, 2.24) is 20.3 Å². The molecule has 0 radical (unpaired) electrons. The van der Waals surface area contributed by atoms with Gasteiger partial charge in [0.05, 0.1) is 10.9 Å². The lowest BCUT2D eigenvalue weighted by atomic mass is 9.71. The highest BCUT2D eigenvalue weighted by atomic mass is 16.4. The van der Waals surface area contributed by atoms with E-state index in [1.807, 2.05) is 56.4 Å². The van der Waals surface area contributed by atoms with Gasteiger partial charge in [-0.15, -0.1) is 5.10 Å². The number of aromatic nitrogens is 3. The first kappa shape index (κ1) is 23.4. The zero-order valence-electron chi connectivity index (χ0n) is 19.9. The van der Waals surface area contributed by atoms with E-state index in [0.29, 0.717) is 13.1 Å². The number of carboxylic acid groups (broad SMARTS) is 1. The molecule has 3 N–H and O–H groups in total. The minimum absolute atomic E-state index is 0.267. The van der Waals surface area contributed by atoms with E-state index < -0.39 is 11.4 Å². The van der Waals surface area contributed by atoms with Crippen LogP contribution in [0.5, 0.6) is 5.75 Å². The first-order valence-corrected chi connectivity index (χ1v) is 11.3. The third-order valence-corrected chi connectivity index (χ3v) is 6.57. The topological polar surface area (TPSA) is 100 Å².